The van der Waals surface area contributed by atoms with Gasteiger partial charge in [0.2, 0.25) is 0 Å². The molecule has 2 heterocycles. The van der Waals surface area contributed by atoms with Gasteiger partial charge in [-0.3, -0.25) is 4.79 Å². The number of rotatable bonds is 2. The third-order valence-electron chi connectivity index (χ3n) is 2.25. The van der Waals surface area contributed by atoms with Gasteiger partial charge < -0.3 is 9.30 Å². The fraction of sp³-hybridized carbons (Fsp3) is 0.300. The van der Waals surface area contributed by atoms with Crippen molar-refractivity contribution in [1.29, 1.82) is 0 Å². The number of esters is 1. The molecule has 0 fully saturated rings. The molecule has 6 nitrogen and oxygen atoms in total. The Morgan fingerprint density at radius 2 is 2.25 bits per heavy atom. The van der Waals surface area contributed by atoms with E-state index in [0.29, 0.717) is 0 Å². The molecule has 0 spiro atoms. The smallest absolute Gasteiger partial charge is 0.342 e. The second-order valence-electron chi connectivity index (χ2n) is 3.29. The van der Waals surface area contributed by atoms with Crippen molar-refractivity contribution >= 4 is 11.5 Å². The summed E-state index contributed by atoms with van der Waals surface area (Å²) in [5.41, 5.74) is 0.162. The Bertz CT molecular complexity index is 597. The van der Waals surface area contributed by atoms with Gasteiger partial charge in [0.1, 0.15) is 11.1 Å². The normalized spacial score (nSPS) is 10.6. The summed E-state index contributed by atoms with van der Waals surface area (Å²) < 4.78 is 7.61. The zero-order valence-corrected chi connectivity index (χ0v) is 9.01. The molecule has 2 aromatic heterocycles. The fourth-order valence-corrected chi connectivity index (χ4v) is 1.44. The van der Waals surface area contributed by atoms with Crippen LogP contribution in [0.4, 0.5) is 0 Å². The van der Waals surface area contributed by atoms with Gasteiger partial charge in [-0.15, -0.1) is 0 Å². The van der Waals surface area contributed by atoms with Crippen LogP contribution in [0.1, 0.15) is 17.3 Å². The Morgan fingerprint density at radius 1 is 1.50 bits per heavy atom. The highest BCUT2D eigenvalue weighted by Gasteiger charge is 2.16. The Hall–Kier alpha value is -2.11. The highest BCUT2D eigenvalue weighted by atomic mass is 16.5. The summed E-state index contributed by atoms with van der Waals surface area (Å²) in [5, 5.41) is 3.93. The number of carbonyl (C=O) groups excluding carboxylic acids is 1. The summed E-state index contributed by atoms with van der Waals surface area (Å²) in [6.07, 6.45) is 4.53. The lowest BCUT2D eigenvalue weighted by Gasteiger charge is -2.00. The van der Waals surface area contributed by atoms with Crippen molar-refractivity contribution in [3.63, 3.8) is 0 Å². The van der Waals surface area contributed by atoms with E-state index in [2.05, 4.69) is 5.10 Å². The van der Waals surface area contributed by atoms with Gasteiger partial charge >= 0.3 is 5.97 Å². The zero-order chi connectivity index (χ0) is 11.7. The molecule has 0 bridgehead atoms. The molecular formula is C10H11N3O3. The van der Waals surface area contributed by atoms with E-state index in [0.717, 1.165) is 0 Å². The van der Waals surface area contributed by atoms with Crippen LogP contribution in [0.5, 0.6) is 0 Å². The van der Waals surface area contributed by atoms with Gasteiger partial charge in [-0.1, -0.05) is 0 Å². The van der Waals surface area contributed by atoms with Crippen molar-refractivity contribution in [1.82, 2.24) is 14.2 Å². The van der Waals surface area contributed by atoms with Crippen LogP contribution < -0.4 is 5.56 Å². The Morgan fingerprint density at radius 3 is 2.94 bits per heavy atom. The molecule has 0 aliphatic carbocycles. The van der Waals surface area contributed by atoms with Gasteiger partial charge in [0.15, 0.2) is 0 Å². The predicted molar refractivity (Wildman–Crippen MR) is 56.4 cm³/mol. The maximum Gasteiger partial charge on any atom is 0.342 e. The van der Waals surface area contributed by atoms with Crippen LogP contribution >= 0.6 is 0 Å². The van der Waals surface area contributed by atoms with Crippen molar-refractivity contribution in [2.75, 3.05) is 6.61 Å². The van der Waals surface area contributed by atoms with Gasteiger partial charge in [0, 0.05) is 19.4 Å². The zero-order valence-electron chi connectivity index (χ0n) is 9.01. The Labute approximate surface area is 91.1 Å². The van der Waals surface area contributed by atoms with Crippen LogP contribution in [0.3, 0.4) is 0 Å². The average molecular weight is 221 g/mol. The highest BCUT2D eigenvalue weighted by molar-refractivity contribution is 5.96. The first-order valence-electron chi connectivity index (χ1n) is 4.85. The molecule has 16 heavy (non-hydrogen) atoms. The van der Waals surface area contributed by atoms with Crippen LogP contribution in [0.15, 0.2) is 23.4 Å². The summed E-state index contributed by atoms with van der Waals surface area (Å²) in [7, 11) is 1.62. The van der Waals surface area contributed by atoms with Crippen LogP contribution in [-0.4, -0.2) is 26.8 Å². The number of carbonyl (C=O) groups is 1. The first-order valence-corrected chi connectivity index (χ1v) is 4.85. The van der Waals surface area contributed by atoms with Crippen molar-refractivity contribution in [2.45, 2.75) is 6.92 Å². The van der Waals surface area contributed by atoms with Gasteiger partial charge in [-0.25, -0.2) is 9.31 Å². The van der Waals surface area contributed by atoms with Gasteiger partial charge in [-0.05, 0) is 6.92 Å². The topological polar surface area (TPSA) is 65.6 Å². The minimum absolute atomic E-state index is 0.197. The number of hydrogen-bond donors (Lipinski definition) is 0. The minimum Gasteiger partial charge on any atom is -0.462 e. The standard InChI is InChI=1S/C10H11N3O3/c1-3-16-10(15)7-6-11-13-5-4-12(2)9(14)8(7)13/h4-6H,3H2,1-2H3. The monoisotopic (exact) mass is 221 g/mol. The van der Waals surface area contributed by atoms with Crippen LogP contribution in [0.2, 0.25) is 0 Å². The summed E-state index contributed by atoms with van der Waals surface area (Å²) in [5.74, 6) is -0.527. The van der Waals surface area contributed by atoms with Crippen molar-refractivity contribution in [2.24, 2.45) is 7.05 Å². The molecule has 6 heteroatoms. The van der Waals surface area contributed by atoms with E-state index in [4.69, 9.17) is 4.74 Å². The minimum atomic E-state index is -0.527. The largest absolute Gasteiger partial charge is 0.462 e. The summed E-state index contributed by atoms with van der Waals surface area (Å²) in [6.45, 7) is 1.98. The SMILES string of the molecule is CCOC(=O)c1cnn2ccn(C)c(=O)c12. The van der Waals surface area contributed by atoms with E-state index in [-0.39, 0.29) is 23.2 Å². The molecule has 0 N–H and O–H groups in total. The molecule has 0 atom stereocenters. The fourth-order valence-electron chi connectivity index (χ4n) is 1.44. The molecule has 0 radical (unpaired) electrons. The summed E-state index contributed by atoms with van der Waals surface area (Å²) in [6, 6.07) is 0. The van der Waals surface area contributed by atoms with Crippen LogP contribution in [0, 0.1) is 0 Å². The lowest BCUT2D eigenvalue weighted by molar-refractivity contribution is 0.0528. The van der Waals surface area contributed by atoms with Crippen molar-refractivity contribution in [3.8, 4) is 0 Å². The number of fused-ring (bicyclic) bond motifs is 1. The first kappa shape index (κ1) is 10.4. The lowest BCUT2D eigenvalue weighted by Crippen LogP contribution is -2.20. The maximum atomic E-state index is 11.8. The molecule has 0 aromatic carbocycles. The first-order chi connectivity index (χ1) is 7.65. The molecule has 84 valence electrons. The third kappa shape index (κ3) is 1.48. The molecular weight excluding hydrogens is 210 g/mol. The molecule has 0 saturated heterocycles. The third-order valence-corrected chi connectivity index (χ3v) is 2.25. The van der Waals surface area contributed by atoms with E-state index in [1.807, 2.05) is 0 Å². The number of ether oxygens (including phenoxy) is 1. The number of nitrogens with zero attached hydrogens (tertiary/aromatic N) is 3. The van der Waals surface area contributed by atoms with Gasteiger partial charge in [-0.2, -0.15) is 5.10 Å². The van der Waals surface area contributed by atoms with Crippen LogP contribution in [0.25, 0.3) is 5.52 Å². The predicted octanol–water partition coefficient (Wildman–Crippen LogP) is 0.210. The second-order valence-corrected chi connectivity index (χ2v) is 3.29. The van der Waals surface area contributed by atoms with Crippen molar-refractivity contribution < 1.29 is 9.53 Å². The molecule has 2 aromatic rings. The van der Waals surface area contributed by atoms with E-state index >= 15 is 0 Å². The van der Waals surface area contributed by atoms with E-state index < -0.39 is 5.97 Å². The maximum absolute atomic E-state index is 11.8. The molecule has 2 rings (SSSR count). The van der Waals surface area contributed by atoms with Gasteiger partial charge in [0.25, 0.3) is 5.56 Å². The summed E-state index contributed by atoms with van der Waals surface area (Å²) >= 11 is 0. The molecule has 0 aliphatic rings. The molecule has 0 aliphatic heterocycles. The number of aryl methyl sites for hydroxylation is 1. The van der Waals surface area contributed by atoms with E-state index in [1.54, 1.807) is 26.4 Å². The molecule has 0 unspecified atom stereocenters. The van der Waals surface area contributed by atoms with Crippen molar-refractivity contribution in [3.05, 3.63) is 34.5 Å². The lowest BCUT2D eigenvalue weighted by atomic mass is 10.3. The van der Waals surface area contributed by atoms with E-state index in [9.17, 15) is 9.59 Å². The van der Waals surface area contributed by atoms with E-state index in [1.165, 1.54) is 15.3 Å². The molecule has 0 saturated carbocycles. The van der Waals surface area contributed by atoms with Gasteiger partial charge in [0.05, 0.1) is 12.8 Å². The summed E-state index contributed by atoms with van der Waals surface area (Å²) in [4.78, 5) is 23.4. The number of aromatic nitrogens is 3. The second kappa shape index (κ2) is 3.80. The Balaban J connectivity index is 2.68. The average Bonchev–Trinajstić information content (AvgIpc) is 2.68. The highest BCUT2D eigenvalue weighted by Crippen LogP contribution is 2.07. The Kier molecular flexibility index (Phi) is 2.47. The van der Waals surface area contributed by atoms with Crippen LogP contribution in [-0.2, 0) is 11.8 Å². The molecule has 0 amide bonds. The number of hydrogen-bond acceptors (Lipinski definition) is 4. The quantitative estimate of drug-likeness (QED) is 0.680.